The fourth-order valence-electron chi connectivity index (χ4n) is 1.43. The zero-order valence-corrected chi connectivity index (χ0v) is 10.9. The van der Waals surface area contributed by atoms with Gasteiger partial charge in [-0.2, -0.15) is 0 Å². The Hall–Kier alpha value is -1.56. The molecule has 6 heteroatoms. The van der Waals surface area contributed by atoms with Gasteiger partial charge in [-0.3, -0.25) is 4.79 Å². The van der Waals surface area contributed by atoms with Gasteiger partial charge in [-0.15, -0.1) is 11.3 Å². The summed E-state index contributed by atoms with van der Waals surface area (Å²) < 4.78 is 4.63. The van der Waals surface area contributed by atoms with E-state index in [-0.39, 0.29) is 5.91 Å². The van der Waals surface area contributed by atoms with Crippen LogP contribution in [0.4, 0.5) is 5.00 Å². The summed E-state index contributed by atoms with van der Waals surface area (Å²) in [5, 5.41) is 3.07. The van der Waals surface area contributed by atoms with E-state index in [1.165, 1.54) is 7.11 Å². The monoisotopic (exact) mass is 256 g/mol. The average Bonchev–Trinajstić information content (AvgIpc) is 2.61. The van der Waals surface area contributed by atoms with Crippen molar-refractivity contribution in [2.45, 2.75) is 20.3 Å². The van der Waals surface area contributed by atoms with Crippen LogP contribution in [0, 0.1) is 6.92 Å². The Kier molecular flexibility index (Phi) is 4.51. The molecule has 3 N–H and O–H groups in total. The van der Waals surface area contributed by atoms with Crippen LogP contribution in [0.2, 0.25) is 0 Å². The number of rotatable bonds is 4. The molecule has 0 saturated carbocycles. The highest BCUT2D eigenvalue weighted by molar-refractivity contribution is 7.18. The summed E-state index contributed by atoms with van der Waals surface area (Å²) in [6.07, 6.45) is 0.857. The van der Waals surface area contributed by atoms with E-state index in [0.29, 0.717) is 27.5 Å². The molecule has 1 aromatic heterocycles. The standard InChI is InChI=1S/C11H16N2O3S/c1-4-5-13-10(14)8-6(2)7(9(12)17-8)11(15)16-3/h4-5,12H2,1-3H3,(H,13,14). The molecule has 17 heavy (non-hydrogen) atoms. The Balaban J connectivity index is 3.04. The smallest absolute Gasteiger partial charge is 0.341 e. The van der Waals surface area contributed by atoms with Crippen molar-refractivity contribution in [2.75, 3.05) is 19.4 Å². The molecule has 1 rings (SSSR count). The Labute approximate surface area is 104 Å². The summed E-state index contributed by atoms with van der Waals surface area (Å²) in [5.74, 6) is -0.706. The zero-order chi connectivity index (χ0) is 13.0. The van der Waals surface area contributed by atoms with E-state index in [1.54, 1.807) is 6.92 Å². The first-order valence-electron chi connectivity index (χ1n) is 5.28. The number of nitrogen functional groups attached to an aromatic ring is 1. The minimum atomic E-state index is -0.509. The second kappa shape index (κ2) is 5.67. The number of amides is 1. The molecule has 0 aliphatic rings. The van der Waals surface area contributed by atoms with Crippen LogP contribution in [0.25, 0.3) is 0 Å². The lowest BCUT2D eigenvalue weighted by Crippen LogP contribution is -2.23. The molecule has 0 aliphatic heterocycles. The molecule has 94 valence electrons. The molecule has 0 radical (unpaired) electrons. The van der Waals surface area contributed by atoms with Crippen LogP contribution < -0.4 is 11.1 Å². The maximum Gasteiger partial charge on any atom is 0.341 e. The molecule has 0 aliphatic carbocycles. The molecule has 0 saturated heterocycles. The van der Waals surface area contributed by atoms with Crippen molar-refractivity contribution in [3.8, 4) is 0 Å². The van der Waals surface area contributed by atoms with E-state index in [4.69, 9.17) is 5.73 Å². The molecule has 0 aromatic carbocycles. The second-order valence-corrected chi connectivity index (χ2v) is 4.60. The summed E-state index contributed by atoms with van der Waals surface area (Å²) in [4.78, 5) is 23.7. The van der Waals surface area contributed by atoms with Gasteiger partial charge in [0.15, 0.2) is 0 Å². The summed E-state index contributed by atoms with van der Waals surface area (Å²) >= 11 is 1.11. The first kappa shape index (κ1) is 13.5. The fourth-order valence-corrected chi connectivity index (χ4v) is 2.41. The van der Waals surface area contributed by atoms with Crippen molar-refractivity contribution >= 4 is 28.2 Å². The Morgan fingerprint density at radius 2 is 2.12 bits per heavy atom. The van der Waals surface area contributed by atoms with Crippen LogP contribution in [0.15, 0.2) is 0 Å². The van der Waals surface area contributed by atoms with Crippen LogP contribution >= 0.6 is 11.3 Å². The largest absolute Gasteiger partial charge is 0.465 e. The van der Waals surface area contributed by atoms with Gasteiger partial charge in [-0.05, 0) is 18.9 Å². The molecule has 0 unspecified atom stereocenters. The molecular weight excluding hydrogens is 240 g/mol. The minimum Gasteiger partial charge on any atom is -0.465 e. The lowest BCUT2D eigenvalue weighted by atomic mass is 10.1. The summed E-state index contributed by atoms with van der Waals surface area (Å²) in [5.41, 5.74) is 6.59. The quantitative estimate of drug-likeness (QED) is 0.801. The van der Waals surface area contributed by atoms with Crippen molar-refractivity contribution < 1.29 is 14.3 Å². The van der Waals surface area contributed by atoms with Crippen LogP contribution in [-0.2, 0) is 4.74 Å². The van der Waals surface area contributed by atoms with E-state index >= 15 is 0 Å². The predicted octanol–water partition coefficient (Wildman–Crippen LogP) is 1.57. The van der Waals surface area contributed by atoms with Gasteiger partial charge in [0.2, 0.25) is 0 Å². The number of thiophene rings is 1. The molecule has 1 amide bonds. The molecule has 0 bridgehead atoms. The molecule has 0 fully saturated rings. The number of anilines is 1. The highest BCUT2D eigenvalue weighted by atomic mass is 32.1. The van der Waals surface area contributed by atoms with Gasteiger partial charge in [0.1, 0.15) is 5.00 Å². The number of nitrogens with two attached hydrogens (primary N) is 1. The number of nitrogens with one attached hydrogen (secondary N) is 1. The summed E-state index contributed by atoms with van der Waals surface area (Å²) in [6.45, 7) is 4.26. The molecular formula is C11H16N2O3S. The number of ether oxygens (including phenoxy) is 1. The van der Waals surface area contributed by atoms with E-state index in [1.807, 2.05) is 6.92 Å². The maximum absolute atomic E-state index is 11.8. The lowest BCUT2D eigenvalue weighted by molar-refractivity contribution is 0.0601. The van der Waals surface area contributed by atoms with Gasteiger partial charge < -0.3 is 15.8 Å². The van der Waals surface area contributed by atoms with Crippen molar-refractivity contribution in [3.63, 3.8) is 0 Å². The van der Waals surface area contributed by atoms with Crippen molar-refractivity contribution in [1.29, 1.82) is 0 Å². The van der Waals surface area contributed by atoms with E-state index in [9.17, 15) is 9.59 Å². The maximum atomic E-state index is 11.8. The number of carbonyl (C=O) groups is 2. The highest BCUT2D eigenvalue weighted by Crippen LogP contribution is 2.30. The van der Waals surface area contributed by atoms with E-state index in [2.05, 4.69) is 10.1 Å². The van der Waals surface area contributed by atoms with Crippen LogP contribution in [0.3, 0.4) is 0 Å². The predicted molar refractivity (Wildman–Crippen MR) is 67.4 cm³/mol. The summed E-state index contributed by atoms with van der Waals surface area (Å²) in [7, 11) is 1.29. The topological polar surface area (TPSA) is 81.4 Å². The lowest BCUT2D eigenvalue weighted by Gasteiger charge is -2.02. The third kappa shape index (κ3) is 2.76. The van der Waals surface area contributed by atoms with Crippen molar-refractivity contribution in [1.82, 2.24) is 5.32 Å². The first-order chi connectivity index (χ1) is 8.02. The van der Waals surface area contributed by atoms with Gasteiger partial charge in [0.05, 0.1) is 17.6 Å². The third-order valence-corrected chi connectivity index (χ3v) is 3.43. The minimum absolute atomic E-state index is 0.198. The molecule has 0 spiro atoms. The van der Waals surface area contributed by atoms with E-state index in [0.717, 1.165) is 17.8 Å². The van der Waals surface area contributed by atoms with Crippen molar-refractivity contribution in [3.05, 3.63) is 16.0 Å². The van der Waals surface area contributed by atoms with Crippen LogP contribution in [0.1, 0.15) is 38.9 Å². The average molecular weight is 256 g/mol. The molecule has 0 atom stereocenters. The van der Waals surface area contributed by atoms with Gasteiger partial charge >= 0.3 is 5.97 Å². The van der Waals surface area contributed by atoms with Gasteiger partial charge in [0.25, 0.3) is 5.91 Å². The number of hydrogen-bond acceptors (Lipinski definition) is 5. The van der Waals surface area contributed by atoms with Crippen molar-refractivity contribution in [2.24, 2.45) is 0 Å². The molecule has 5 nitrogen and oxygen atoms in total. The van der Waals surface area contributed by atoms with Gasteiger partial charge in [-0.25, -0.2) is 4.79 Å². The third-order valence-electron chi connectivity index (χ3n) is 2.31. The van der Waals surface area contributed by atoms with Crippen LogP contribution in [-0.4, -0.2) is 25.5 Å². The Bertz CT molecular complexity index is 440. The SMILES string of the molecule is CCCNC(=O)c1sc(N)c(C(=O)OC)c1C. The van der Waals surface area contributed by atoms with E-state index < -0.39 is 5.97 Å². The molecule has 1 aromatic rings. The van der Waals surface area contributed by atoms with Gasteiger partial charge in [0, 0.05) is 6.54 Å². The Morgan fingerprint density at radius 3 is 2.65 bits per heavy atom. The van der Waals surface area contributed by atoms with Gasteiger partial charge in [-0.1, -0.05) is 6.92 Å². The first-order valence-corrected chi connectivity index (χ1v) is 6.09. The normalized spacial score (nSPS) is 10.1. The number of carbonyl (C=O) groups excluding carboxylic acids is 2. The number of hydrogen-bond donors (Lipinski definition) is 2. The molecule has 1 heterocycles. The fraction of sp³-hybridized carbons (Fsp3) is 0.455. The highest BCUT2D eigenvalue weighted by Gasteiger charge is 2.23. The number of esters is 1. The second-order valence-electron chi connectivity index (χ2n) is 3.54. The number of methoxy groups -OCH3 is 1. The summed E-state index contributed by atoms with van der Waals surface area (Å²) in [6, 6.07) is 0. The zero-order valence-electron chi connectivity index (χ0n) is 10.1. The van der Waals surface area contributed by atoms with Crippen LogP contribution in [0.5, 0.6) is 0 Å². The Morgan fingerprint density at radius 1 is 1.47 bits per heavy atom.